The first kappa shape index (κ1) is 28.1. The van der Waals surface area contributed by atoms with Gasteiger partial charge in [0.2, 0.25) is 0 Å². The molecule has 30 heavy (non-hydrogen) atoms. The second-order valence-electron chi connectivity index (χ2n) is 7.88. The van der Waals surface area contributed by atoms with E-state index >= 15 is 0 Å². The Morgan fingerprint density at radius 2 is 1.23 bits per heavy atom. The van der Waals surface area contributed by atoms with Gasteiger partial charge in [0.15, 0.2) is 12.2 Å². The van der Waals surface area contributed by atoms with Gasteiger partial charge < -0.3 is 14.6 Å². The standard InChI is InChI=1S/C24H42O6/c1-4-5-6-7-8-9-10-11-12-13-14-15-16-17-18-19-22(25)29-21(3)24(28)30-20(2)23(26)27/h11-12,20-21H,4-10,13-19H2,1-3H3,(H,26,27)/b12-11+. The van der Waals surface area contributed by atoms with Gasteiger partial charge in [-0.25, -0.2) is 9.59 Å². The minimum atomic E-state index is -1.26. The zero-order chi connectivity index (χ0) is 22.6. The first-order valence-electron chi connectivity index (χ1n) is 11.7. The van der Waals surface area contributed by atoms with E-state index < -0.39 is 30.1 Å². The van der Waals surface area contributed by atoms with Gasteiger partial charge >= 0.3 is 17.9 Å². The molecule has 174 valence electrons. The molecule has 0 heterocycles. The Balaban J connectivity index is 3.55. The Labute approximate surface area is 182 Å². The lowest BCUT2D eigenvalue weighted by molar-refractivity contribution is -0.174. The normalized spacial score (nSPS) is 13.2. The molecule has 0 rings (SSSR count). The van der Waals surface area contributed by atoms with Crippen molar-refractivity contribution in [2.75, 3.05) is 0 Å². The van der Waals surface area contributed by atoms with E-state index in [0.717, 1.165) is 32.1 Å². The molecule has 1 N–H and O–H groups in total. The lowest BCUT2D eigenvalue weighted by Gasteiger charge is -2.14. The summed E-state index contributed by atoms with van der Waals surface area (Å²) in [6.45, 7) is 4.88. The molecule has 0 spiro atoms. The van der Waals surface area contributed by atoms with Crippen LogP contribution in [0.3, 0.4) is 0 Å². The van der Waals surface area contributed by atoms with Crippen LogP contribution in [-0.4, -0.2) is 35.2 Å². The number of carbonyl (C=O) groups is 3. The molecular formula is C24H42O6. The van der Waals surface area contributed by atoms with E-state index in [1.807, 2.05) is 0 Å². The van der Waals surface area contributed by atoms with Gasteiger partial charge in [0.05, 0.1) is 0 Å². The van der Waals surface area contributed by atoms with Gasteiger partial charge in [-0.1, -0.05) is 70.4 Å². The number of aliphatic carboxylic acids is 1. The molecule has 0 aliphatic carbocycles. The molecule has 2 atom stereocenters. The molecule has 0 aromatic rings. The van der Waals surface area contributed by atoms with Crippen molar-refractivity contribution in [1.29, 1.82) is 0 Å². The van der Waals surface area contributed by atoms with E-state index in [4.69, 9.17) is 9.84 Å². The molecule has 0 aliphatic heterocycles. The summed E-state index contributed by atoms with van der Waals surface area (Å²) >= 11 is 0. The second kappa shape index (κ2) is 19.1. The maximum atomic E-state index is 11.8. The smallest absolute Gasteiger partial charge is 0.347 e. The van der Waals surface area contributed by atoms with E-state index in [1.54, 1.807) is 0 Å². The number of hydrogen-bond acceptors (Lipinski definition) is 5. The number of esters is 2. The van der Waals surface area contributed by atoms with Crippen LogP contribution in [0.25, 0.3) is 0 Å². The summed E-state index contributed by atoms with van der Waals surface area (Å²) in [7, 11) is 0. The third kappa shape index (κ3) is 17.0. The maximum Gasteiger partial charge on any atom is 0.347 e. The Morgan fingerprint density at radius 3 is 1.77 bits per heavy atom. The number of allylic oxidation sites excluding steroid dienone is 2. The second-order valence-corrected chi connectivity index (χ2v) is 7.88. The Kier molecular flexibility index (Phi) is 18.0. The summed E-state index contributed by atoms with van der Waals surface area (Å²) in [6.07, 6.45) is 17.9. The number of carboxylic acids is 1. The van der Waals surface area contributed by atoms with Crippen LogP contribution in [0.5, 0.6) is 0 Å². The van der Waals surface area contributed by atoms with Gasteiger partial charge in [-0.2, -0.15) is 0 Å². The highest BCUT2D eigenvalue weighted by atomic mass is 16.6. The summed E-state index contributed by atoms with van der Waals surface area (Å²) < 4.78 is 9.68. The van der Waals surface area contributed by atoms with Crippen LogP contribution >= 0.6 is 0 Å². The molecule has 0 saturated heterocycles. The van der Waals surface area contributed by atoms with Crippen molar-refractivity contribution in [3.05, 3.63) is 12.2 Å². The quantitative estimate of drug-likeness (QED) is 0.155. The molecule has 6 nitrogen and oxygen atoms in total. The van der Waals surface area contributed by atoms with Crippen LogP contribution in [-0.2, 0) is 23.9 Å². The molecule has 0 bridgehead atoms. The van der Waals surface area contributed by atoms with Crippen LogP contribution in [0.2, 0.25) is 0 Å². The van der Waals surface area contributed by atoms with Gasteiger partial charge in [0, 0.05) is 6.42 Å². The largest absolute Gasteiger partial charge is 0.479 e. The Morgan fingerprint density at radius 1 is 0.733 bits per heavy atom. The Hall–Kier alpha value is -1.85. The third-order valence-corrected chi connectivity index (χ3v) is 4.92. The predicted molar refractivity (Wildman–Crippen MR) is 118 cm³/mol. The summed E-state index contributed by atoms with van der Waals surface area (Å²) in [5, 5.41) is 8.71. The van der Waals surface area contributed by atoms with E-state index in [0.29, 0.717) is 0 Å². The average molecular weight is 427 g/mol. The van der Waals surface area contributed by atoms with Crippen molar-refractivity contribution in [2.45, 2.75) is 123 Å². The molecular weight excluding hydrogens is 384 g/mol. The van der Waals surface area contributed by atoms with Crippen molar-refractivity contribution in [2.24, 2.45) is 0 Å². The fourth-order valence-corrected chi connectivity index (χ4v) is 2.96. The number of carboxylic acid groups (broad SMARTS) is 1. The van der Waals surface area contributed by atoms with Crippen LogP contribution in [0.15, 0.2) is 12.2 Å². The van der Waals surface area contributed by atoms with Gasteiger partial charge in [-0.3, -0.25) is 4.79 Å². The molecule has 0 radical (unpaired) electrons. The van der Waals surface area contributed by atoms with Crippen LogP contribution in [0, 0.1) is 0 Å². The van der Waals surface area contributed by atoms with E-state index in [-0.39, 0.29) is 6.42 Å². The molecule has 0 amide bonds. The van der Waals surface area contributed by atoms with Crippen molar-refractivity contribution < 1.29 is 29.0 Å². The van der Waals surface area contributed by atoms with E-state index in [9.17, 15) is 14.4 Å². The predicted octanol–water partition coefficient (Wildman–Crippen LogP) is 5.97. The minimum Gasteiger partial charge on any atom is -0.479 e. The lowest BCUT2D eigenvalue weighted by Crippen LogP contribution is -2.32. The van der Waals surface area contributed by atoms with Crippen molar-refractivity contribution >= 4 is 17.9 Å². The monoisotopic (exact) mass is 426 g/mol. The van der Waals surface area contributed by atoms with Crippen molar-refractivity contribution in [3.63, 3.8) is 0 Å². The fraction of sp³-hybridized carbons (Fsp3) is 0.792. The fourth-order valence-electron chi connectivity index (χ4n) is 2.96. The van der Waals surface area contributed by atoms with Gasteiger partial charge in [0.25, 0.3) is 0 Å². The minimum absolute atomic E-state index is 0.254. The summed E-state index contributed by atoms with van der Waals surface area (Å²) in [5.74, 6) is -2.54. The first-order chi connectivity index (χ1) is 14.4. The highest BCUT2D eigenvalue weighted by Crippen LogP contribution is 2.11. The van der Waals surface area contributed by atoms with Crippen molar-refractivity contribution in [3.8, 4) is 0 Å². The van der Waals surface area contributed by atoms with Gasteiger partial charge in [-0.05, 0) is 46.0 Å². The maximum absolute atomic E-state index is 11.8. The highest BCUT2D eigenvalue weighted by Gasteiger charge is 2.23. The average Bonchev–Trinajstić information content (AvgIpc) is 2.70. The molecule has 6 heteroatoms. The zero-order valence-corrected chi connectivity index (χ0v) is 19.2. The van der Waals surface area contributed by atoms with E-state index in [2.05, 4.69) is 23.8 Å². The molecule has 0 fully saturated rings. The Bertz CT molecular complexity index is 500. The number of ether oxygens (including phenoxy) is 2. The molecule has 0 aromatic carbocycles. The topological polar surface area (TPSA) is 89.9 Å². The molecule has 0 aromatic heterocycles. The number of hydrogen-bond donors (Lipinski definition) is 1. The van der Waals surface area contributed by atoms with E-state index in [1.165, 1.54) is 65.2 Å². The first-order valence-corrected chi connectivity index (χ1v) is 11.7. The number of carbonyl (C=O) groups excluding carboxylic acids is 2. The third-order valence-electron chi connectivity index (χ3n) is 4.92. The highest BCUT2D eigenvalue weighted by molar-refractivity contribution is 5.82. The zero-order valence-electron chi connectivity index (χ0n) is 19.2. The number of rotatable bonds is 19. The van der Waals surface area contributed by atoms with Gasteiger partial charge in [-0.15, -0.1) is 0 Å². The summed E-state index contributed by atoms with van der Waals surface area (Å²) in [6, 6.07) is 0. The number of unbranched alkanes of at least 4 members (excludes halogenated alkanes) is 11. The van der Waals surface area contributed by atoms with Crippen LogP contribution < -0.4 is 0 Å². The SMILES string of the molecule is CCCCCCCC/C=C/CCCCCCCC(=O)OC(C)C(=O)OC(C)C(=O)O. The van der Waals surface area contributed by atoms with Gasteiger partial charge in [0.1, 0.15) is 0 Å². The summed E-state index contributed by atoms with van der Waals surface area (Å²) in [5.41, 5.74) is 0. The molecule has 0 saturated carbocycles. The molecule has 0 aliphatic rings. The summed E-state index contributed by atoms with van der Waals surface area (Å²) in [4.78, 5) is 34.1. The molecule has 2 unspecified atom stereocenters. The van der Waals surface area contributed by atoms with Crippen LogP contribution in [0.1, 0.15) is 111 Å². The van der Waals surface area contributed by atoms with Crippen LogP contribution in [0.4, 0.5) is 0 Å². The lowest BCUT2D eigenvalue weighted by atomic mass is 10.1. The van der Waals surface area contributed by atoms with Crippen molar-refractivity contribution in [1.82, 2.24) is 0 Å².